The van der Waals surface area contributed by atoms with Gasteiger partial charge in [-0.25, -0.2) is 9.97 Å². The van der Waals surface area contributed by atoms with Crippen molar-refractivity contribution in [3.63, 3.8) is 0 Å². The van der Waals surface area contributed by atoms with Gasteiger partial charge in [0.1, 0.15) is 5.82 Å². The highest BCUT2D eigenvalue weighted by Crippen LogP contribution is 2.13. The Bertz CT molecular complexity index is 430. The third-order valence-corrected chi connectivity index (χ3v) is 3.28. The lowest BCUT2D eigenvalue weighted by Crippen LogP contribution is -2.01. The van der Waals surface area contributed by atoms with Crippen LogP contribution in [-0.4, -0.2) is 14.5 Å². The number of hydrogen-bond donors (Lipinski definition) is 0. The number of thiazole rings is 1. The van der Waals surface area contributed by atoms with Crippen LogP contribution in [-0.2, 0) is 13.0 Å². The maximum absolute atomic E-state index is 4.59. The molecule has 15 heavy (non-hydrogen) atoms. The molecule has 2 rings (SSSR count). The van der Waals surface area contributed by atoms with Crippen molar-refractivity contribution < 1.29 is 0 Å². The van der Waals surface area contributed by atoms with E-state index in [1.807, 2.05) is 19.3 Å². The summed E-state index contributed by atoms with van der Waals surface area (Å²) >= 11 is 1.76. The molecule has 0 aliphatic heterocycles. The van der Waals surface area contributed by atoms with E-state index in [0.717, 1.165) is 30.9 Å². The zero-order chi connectivity index (χ0) is 10.7. The van der Waals surface area contributed by atoms with Crippen LogP contribution in [0, 0.1) is 6.92 Å². The fourth-order valence-corrected chi connectivity index (χ4v) is 2.39. The molecule has 0 aliphatic carbocycles. The van der Waals surface area contributed by atoms with Crippen LogP contribution in [0.2, 0.25) is 0 Å². The second kappa shape index (κ2) is 4.57. The minimum Gasteiger partial charge on any atom is -0.329 e. The summed E-state index contributed by atoms with van der Waals surface area (Å²) in [7, 11) is 0. The Labute approximate surface area is 93.8 Å². The molecule has 0 unspecified atom stereocenters. The number of aromatic nitrogens is 3. The summed E-state index contributed by atoms with van der Waals surface area (Å²) in [6, 6.07) is 0. The van der Waals surface area contributed by atoms with Gasteiger partial charge in [0.05, 0.1) is 17.2 Å². The second-order valence-electron chi connectivity index (χ2n) is 3.58. The minimum atomic E-state index is 0.839. The average Bonchev–Trinajstić information content (AvgIpc) is 2.79. The maximum Gasteiger partial charge on any atom is 0.105 e. The predicted molar refractivity (Wildman–Crippen MR) is 62.2 cm³/mol. The molecule has 0 fully saturated rings. The van der Waals surface area contributed by atoms with Crippen LogP contribution in [0.1, 0.15) is 29.9 Å². The molecule has 2 aromatic heterocycles. The van der Waals surface area contributed by atoms with Crippen molar-refractivity contribution in [2.75, 3.05) is 0 Å². The lowest BCUT2D eigenvalue weighted by molar-refractivity contribution is 0.741. The molecular formula is C11H15N3S. The summed E-state index contributed by atoms with van der Waals surface area (Å²) in [5.74, 6) is 1.04. The van der Waals surface area contributed by atoms with Gasteiger partial charge in [-0.15, -0.1) is 11.3 Å². The standard InChI is InChI=1S/C11H15N3S/c1-3-4-11-13-10(8-15-11)7-14-6-5-12-9(14)2/h5-6,8H,3-4,7H2,1-2H3. The van der Waals surface area contributed by atoms with E-state index in [2.05, 4.69) is 26.8 Å². The van der Waals surface area contributed by atoms with Crippen molar-refractivity contribution >= 4 is 11.3 Å². The highest BCUT2D eigenvalue weighted by molar-refractivity contribution is 7.09. The monoisotopic (exact) mass is 221 g/mol. The highest BCUT2D eigenvalue weighted by atomic mass is 32.1. The quantitative estimate of drug-likeness (QED) is 0.794. The van der Waals surface area contributed by atoms with E-state index in [4.69, 9.17) is 0 Å². The predicted octanol–water partition coefficient (Wildman–Crippen LogP) is 2.65. The summed E-state index contributed by atoms with van der Waals surface area (Å²) in [5.41, 5.74) is 1.14. The van der Waals surface area contributed by atoms with Gasteiger partial charge in [0.25, 0.3) is 0 Å². The number of hydrogen-bond acceptors (Lipinski definition) is 3. The van der Waals surface area contributed by atoms with Gasteiger partial charge in [0.2, 0.25) is 0 Å². The molecule has 0 atom stereocenters. The molecule has 0 spiro atoms. The van der Waals surface area contributed by atoms with Gasteiger partial charge in [0, 0.05) is 17.8 Å². The van der Waals surface area contributed by atoms with Gasteiger partial charge in [0.15, 0.2) is 0 Å². The van der Waals surface area contributed by atoms with E-state index in [9.17, 15) is 0 Å². The Morgan fingerprint density at radius 3 is 3.00 bits per heavy atom. The normalized spacial score (nSPS) is 10.8. The Morgan fingerprint density at radius 2 is 2.33 bits per heavy atom. The van der Waals surface area contributed by atoms with Crippen LogP contribution in [0.15, 0.2) is 17.8 Å². The molecule has 4 heteroatoms. The van der Waals surface area contributed by atoms with Gasteiger partial charge in [-0.2, -0.15) is 0 Å². The summed E-state index contributed by atoms with van der Waals surface area (Å²) < 4.78 is 2.12. The first-order valence-electron chi connectivity index (χ1n) is 5.20. The van der Waals surface area contributed by atoms with Gasteiger partial charge >= 0.3 is 0 Å². The first kappa shape index (κ1) is 10.4. The molecule has 0 saturated heterocycles. The minimum absolute atomic E-state index is 0.839. The Balaban J connectivity index is 2.08. The van der Waals surface area contributed by atoms with E-state index in [0.29, 0.717) is 0 Å². The average molecular weight is 221 g/mol. The van der Waals surface area contributed by atoms with Crippen LogP contribution in [0.25, 0.3) is 0 Å². The van der Waals surface area contributed by atoms with Crippen molar-refractivity contribution in [3.8, 4) is 0 Å². The van der Waals surface area contributed by atoms with Crippen molar-refractivity contribution in [2.45, 2.75) is 33.2 Å². The largest absolute Gasteiger partial charge is 0.329 e. The Kier molecular flexibility index (Phi) is 3.16. The van der Waals surface area contributed by atoms with E-state index in [-0.39, 0.29) is 0 Å². The molecule has 0 saturated carbocycles. The van der Waals surface area contributed by atoms with E-state index in [1.54, 1.807) is 11.3 Å². The second-order valence-corrected chi connectivity index (χ2v) is 4.53. The fourth-order valence-electron chi connectivity index (χ4n) is 1.50. The molecular weight excluding hydrogens is 206 g/mol. The smallest absolute Gasteiger partial charge is 0.105 e. The van der Waals surface area contributed by atoms with Crippen LogP contribution in [0.5, 0.6) is 0 Å². The summed E-state index contributed by atoms with van der Waals surface area (Å²) in [6.07, 6.45) is 6.08. The molecule has 0 aromatic carbocycles. The summed E-state index contributed by atoms with van der Waals surface area (Å²) in [5, 5.41) is 3.38. The first-order valence-corrected chi connectivity index (χ1v) is 6.08. The van der Waals surface area contributed by atoms with Gasteiger partial charge < -0.3 is 4.57 Å². The van der Waals surface area contributed by atoms with Crippen molar-refractivity contribution in [2.24, 2.45) is 0 Å². The first-order chi connectivity index (χ1) is 7.29. The molecule has 0 amide bonds. The summed E-state index contributed by atoms with van der Waals surface area (Å²) in [6.45, 7) is 5.03. The van der Waals surface area contributed by atoms with Gasteiger partial charge in [-0.05, 0) is 19.8 Å². The maximum atomic E-state index is 4.59. The van der Waals surface area contributed by atoms with E-state index >= 15 is 0 Å². The lowest BCUT2D eigenvalue weighted by Gasteiger charge is -2.00. The van der Waals surface area contributed by atoms with Crippen LogP contribution >= 0.6 is 11.3 Å². The van der Waals surface area contributed by atoms with Crippen LogP contribution in [0.4, 0.5) is 0 Å². The van der Waals surface area contributed by atoms with Crippen molar-refractivity contribution in [1.29, 1.82) is 0 Å². The van der Waals surface area contributed by atoms with Crippen molar-refractivity contribution in [3.05, 3.63) is 34.3 Å². The number of imidazole rings is 1. The zero-order valence-electron chi connectivity index (χ0n) is 9.10. The topological polar surface area (TPSA) is 30.7 Å². The van der Waals surface area contributed by atoms with E-state index < -0.39 is 0 Å². The SMILES string of the molecule is CCCc1nc(Cn2ccnc2C)cs1. The van der Waals surface area contributed by atoms with Gasteiger partial charge in [-0.3, -0.25) is 0 Å². The highest BCUT2D eigenvalue weighted by Gasteiger charge is 2.03. The molecule has 0 radical (unpaired) electrons. The molecule has 0 bridgehead atoms. The Hall–Kier alpha value is -1.16. The molecule has 2 heterocycles. The Morgan fingerprint density at radius 1 is 1.47 bits per heavy atom. The van der Waals surface area contributed by atoms with Crippen LogP contribution in [0.3, 0.4) is 0 Å². The van der Waals surface area contributed by atoms with Gasteiger partial charge in [-0.1, -0.05) is 6.92 Å². The zero-order valence-corrected chi connectivity index (χ0v) is 9.92. The third kappa shape index (κ3) is 2.45. The molecule has 80 valence electrons. The number of aryl methyl sites for hydroxylation is 2. The molecule has 0 N–H and O–H groups in total. The summed E-state index contributed by atoms with van der Waals surface area (Å²) in [4.78, 5) is 8.78. The third-order valence-electron chi connectivity index (χ3n) is 2.32. The molecule has 0 aliphatic rings. The van der Waals surface area contributed by atoms with E-state index in [1.165, 1.54) is 5.01 Å². The lowest BCUT2D eigenvalue weighted by atomic mass is 10.3. The number of nitrogens with zero attached hydrogens (tertiary/aromatic N) is 3. The fraction of sp³-hybridized carbons (Fsp3) is 0.455. The van der Waals surface area contributed by atoms with Crippen LogP contribution < -0.4 is 0 Å². The molecule has 2 aromatic rings. The molecule has 3 nitrogen and oxygen atoms in total. The van der Waals surface area contributed by atoms with Crippen molar-refractivity contribution in [1.82, 2.24) is 14.5 Å². The number of rotatable bonds is 4.